The Kier molecular flexibility index (Phi) is 7.66. The normalized spacial score (nSPS) is 18.7. The lowest BCUT2D eigenvalue weighted by molar-refractivity contribution is -0.118. The van der Waals surface area contributed by atoms with Gasteiger partial charge in [0.2, 0.25) is 5.91 Å². The zero-order chi connectivity index (χ0) is 22.6. The van der Waals surface area contributed by atoms with E-state index in [0.717, 1.165) is 31.2 Å². The third-order valence-corrected chi connectivity index (χ3v) is 7.09. The van der Waals surface area contributed by atoms with Crippen molar-refractivity contribution in [3.63, 3.8) is 0 Å². The molecule has 1 aliphatic carbocycles. The first-order chi connectivity index (χ1) is 14.7. The molecule has 0 radical (unpaired) electrons. The molecule has 0 spiro atoms. The van der Waals surface area contributed by atoms with E-state index in [9.17, 15) is 13.2 Å². The van der Waals surface area contributed by atoms with Gasteiger partial charge in [-0.25, -0.2) is 18.4 Å². The summed E-state index contributed by atoms with van der Waals surface area (Å²) in [6.07, 6.45) is 7.04. The van der Waals surface area contributed by atoms with Crippen LogP contribution in [0.4, 0.5) is 5.82 Å². The highest BCUT2D eigenvalue weighted by Gasteiger charge is 2.30. The highest BCUT2D eigenvalue weighted by atomic mass is 79.9. The summed E-state index contributed by atoms with van der Waals surface area (Å²) in [4.78, 5) is 26.3. The van der Waals surface area contributed by atoms with Crippen molar-refractivity contribution in [3.05, 3.63) is 45.8 Å². The molecule has 2 aromatic rings. The number of oxime groups is 1. The Morgan fingerprint density at radius 3 is 2.77 bits per heavy atom. The second-order valence-electron chi connectivity index (χ2n) is 7.41. The van der Waals surface area contributed by atoms with Crippen LogP contribution in [0.3, 0.4) is 0 Å². The molecule has 0 aliphatic heterocycles. The summed E-state index contributed by atoms with van der Waals surface area (Å²) >= 11 is 9.46. The van der Waals surface area contributed by atoms with Crippen molar-refractivity contribution in [2.75, 3.05) is 18.7 Å². The van der Waals surface area contributed by atoms with Crippen molar-refractivity contribution < 1.29 is 18.0 Å². The van der Waals surface area contributed by atoms with Crippen LogP contribution >= 0.6 is 27.5 Å². The van der Waals surface area contributed by atoms with Crippen LogP contribution < -0.4 is 5.32 Å². The summed E-state index contributed by atoms with van der Waals surface area (Å²) in [5.74, 6) is -0.264. The number of nitrogens with one attached hydrogen (secondary N) is 1. The van der Waals surface area contributed by atoms with E-state index < -0.39 is 15.8 Å². The predicted molar refractivity (Wildman–Crippen MR) is 122 cm³/mol. The smallest absolute Gasteiger partial charge is 0.233 e. The van der Waals surface area contributed by atoms with E-state index in [4.69, 9.17) is 16.4 Å². The maximum Gasteiger partial charge on any atom is 0.233 e. The van der Waals surface area contributed by atoms with Crippen molar-refractivity contribution in [1.82, 2.24) is 9.97 Å². The number of sulfone groups is 1. The fourth-order valence-electron chi connectivity index (χ4n) is 3.67. The minimum Gasteiger partial charge on any atom is -0.399 e. The monoisotopic (exact) mass is 528 g/mol. The Morgan fingerprint density at radius 1 is 1.39 bits per heavy atom. The summed E-state index contributed by atoms with van der Waals surface area (Å²) in [5.41, 5.74) is 1.60. The number of carbonyl (C=O) groups is 1. The van der Waals surface area contributed by atoms with E-state index in [1.165, 1.54) is 25.6 Å². The molecule has 11 heteroatoms. The van der Waals surface area contributed by atoms with E-state index in [-0.39, 0.29) is 21.7 Å². The van der Waals surface area contributed by atoms with Gasteiger partial charge >= 0.3 is 0 Å². The molecule has 1 N–H and O–H groups in total. The Hall–Kier alpha value is -2.04. The molecule has 31 heavy (non-hydrogen) atoms. The van der Waals surface area contributed by atoms with E-state index >= 15 is 0 Å². The van der Waals surface area contributed by atoms with Crippen molar-refractivity contribution in [2.45, 2.75) is 36.5 Å². The third-order valence-electron chi connectivity index (χ3n) is 5.10. The van der Waals surface area contributed by atoms with Gasteiger partial charge in [-0.3, -0.25) is 4.79 Å². The quantitative estimate of drug-likeness (QED) is 0.538. The van der Waals surface area contributed by atoms with Crippen LogP contribution in [0.5, 0.6) is 0 Å². The van der Waals surface area contributed by atoms with E-state index in [1.807, 2.05) is 0 Å². The van der Waals surface area contributed by atoms with Crippen LogP contribution in [0.25, 0.3) is 0 Å². The number of nitrogens with zero attached hydrogens (tertiary/aromatic N) is 3. The Balaban J connectivity index is 1.88. The molecule has 8 nitrogen and oxygen atoms in total. The maximum absolute atomic E-state index is 13.2. The van der Waals surface area contributed by atoms with Crippen molar-refractivity contribution in [2.24, 2.45) is 11.1 Å². The minimum absolute atomic E-state index is 0.0335. The minimum atomic E-state index is -3.47. The number of benzene rings is 1. The molecule has 0 saturated heterocycles. The predicted octanol–water partition coefficient (Wildman–Crippen LogP) is 4.21. The van der Waals surface area contributed by atoms with Crippen molar-refractivity contribution in [1.29, 1.82) is 0 Å². The average molecular weight is 530 g/mol. The SMILES string of the molecule is CO/N=C1/CCC(CC(C(=O)Nc2cnc(Br)cn2)c2ccc(S(C)(=O)=O)c(Cl)c2)C1. The molecular weight excluding hydrogens is 508 g/mol. The van der Waals surface area contributed by atoms with E-state index in [2.05, 4.69) is 36.4 Å². The zero-order valence-corrected chi connectivity index (χ0v) is 20.2. The molecule has 1 fully saturated rings. The molecule has 0 bridgehead atoms. The molecule has 1 aromatic heterocycles. The highest BCUT2D eigenvalue weighted by molar-refractivity contribution is 9.10. The second kappa shape index (κ2) is 10.1. The standard InChI is InChI=1S/C20H22BrClN4O4S/c1-30-26-14-5-3-12(7-14)8-15(20(27)25-19-11-23-18(21)10-24-19)13-4-6-17(16(22)9-13)31(2,28)29/h4,6,9-12,15H,3,5,7-8H2,1-2H3,(H,24,25,27)/b26-14-. The summed E-state index contributed by atoms with van der Waals surface area (Å²) in [7, 11) is -1.95. The van der Waals surface area contributed by atoms with Crippen molar-refractivity contribution >= 4 is 54.8 Å². The molecule has 1 aromatic carbocycles. The molecule has 1 amide bonds. The van der Waals surface area contributed by atoms with Gasteiger partial charge in [-0.15, -0.1) is 0 Å². The largest absolute Gasteiger partial charge is 0.399 e. The first kappa shape index (κ1) is 23.6. The lowest BCUT2D eigenvalue weighted by Crippen LogP contribution is -2.24. The molecule has 2 unspecified atom stereocenters. The number of carbonyl (C=O) groups excluding carboxylic acids is 1. The third kappa shape index (κ3) is 6.24. The number of halogens is 2. The first-order valence-electron chi connectivity index (χ1n) is 9.54. The fraction of sp³-hybridized carbons (Fsp3) is 0.400. The molecule has 166 valence electrons. The van der Waals surface area contributed by atoms with Crippen LogP contribution in [-0.4, -0.2) is 43.4 Å². The number of hydrogen-bond acceptors (Lipinski definition) is 7. The molecule has 2 atom stereocenters. The molecular formula is C20H22BrClN4O4S. The van der Waals surface area contributed by atoms with Gasteiger partial charge in [0.25, 0.3) is 0 Å². The van der Waals surface area contributed by atoms with Gasteiger partial charge in [0.05, 0.1) is 33.9 Å². The first-order valence-corrected chi connectivity index (χ1v) is 12.6. The Morgan fingerprint density at radius 2 is 2.16 bits per heavy atom. The summed E-state index contributed by atoms with van der Waals surface area (Å²) in [5, 5.41) is 6.92. The Bertz CT molecular complexity index is 1090. The van der Waals surface area contributed by atoms with Gasteiger partial charge in [-0.2, -0.15) is 0 Å². The molecule has 3 rings (SSSR count). The number of rotatable bonds is 7. The van der Waals surface area contributed by atoms with Gasteiger partial charge < -0.3 is 10.2 Å². The van der Waals surface area contributed by atoms with Crippen molar-refractivity contribution in [3.8, 4) is 0 Å². The van der Waals surface area contributed by atoms with Crippen LogP contribution in [0.1, 0.15) is 37.2 Å². The van der Waals surface area contributed by atoms with Crippen LogP contribution in [0.2, 0.25) is 5.02 Å². The topological polar surface area (TPSA) is 111 Å². The van der Waals surface area contributed by atoms with Gasteiger partial charge in [0, 0.05) is 6.26 Å². The number of aromatic nitrogens is 2. The van der Waals surface area contributed by atoms with Gasteiger partial charge in [0.15, 0.2) is 15.7 Å². The highest BCUT2D eigenvalue weighted by Crippen LogP contribution is 2.36. The van der Waals surface area contributed by atoms with E-state index in [0.29, 0.717) is 22.4 Å². The van der Waals surface area contributed by atoms with Crippen LogP contribution in [0.15, 0.2) is 45.2 Å². The summed E-state index contributed by atoms with van der Waals surface area (Å²) in [6.45, 7) is 0. The van der Waals surface area contributed by atoms with Crippen LogP contribution in [-0.2, 0) is 19.5 Å². The second-order valence-corrected chi connectivity index (χ2v) is 10.6. The number of amides is 1. The van der Waals surface area contributed by atoms with Gasteiger partial charge in [0.1, 0.15) is 11.7 Å². The number of hydrogen-bond donors (Lipinski definition) is 1. The Labute approximate surface area is 194 Å². The molecule has 1 aliphatic rings. The summed E-state index contributed by atoms with van der Waals surface area (Å²) < 4.78 is 24.4. The zero-order valence-electron chi connectivity index (χ0n) is 17.0. The maximum atomic E-state index is 13.2. The lowest BCUT2D eigenvalue weighted by atomic mass is 9.87. The fourth-order valence-corrected chi connectivity index (χ4v) is 5.22. The summed E-state index contributed by atoms with van der Waals surface area (Å²) in [6, 6.07) is 4.63. The van der Waals surface area contributed by atoms with Crippen LogP contribution in [0, 0.1) is 5.92 Å². The lowest BCUT2D eigenvalue weighted by Gasteiger charge is -2.21. The number of anilines is 1. The molecule has 1 heterocycles. The molecule has 1 saturated carbocycles. The van der Waals surface area contributed by atoms with E-state index in [1.54, 1.807) is 12.1 Å². The van der Waals surface area contributed by atoms with Gasteiger partial charge in [-0.05, 0) is 65.2 Å². The van der Waals surface area contributed by atoms with Gasteiger partial charge in [-0.1, -0.05) is 22.8 Å². The average Bonchev–Trinajstić information content (AvgIpc) is 3.14.